The van der Waals surface area contributed by atoms with E-state index in [2.05, 4.69) is 4.98 Å². The molecule has 0 aliphatic rings. The molecule has 1 aromatic rings. The highest BCUT2D eigenvalue weighted by Crippen LogP contribution is 2.19. The van der Waals surface area contributed by atoms with Crippen molar-refractivity contribution in [3.8, 4) is 0 Å². The maximum atomic E-state index is 11.4. The van der Waals surface area contributed by atoms with E-state index in [0.29, 0.717) is 6.42 Å². The Kier molecular flexibility index (Phi) is 5.46. The van der Waals surface area contributed by atoms with Crippen LogP contribution in [0.2, 0.25) is 0 Å². The minimum absolute atomic E-state index is 0.120. The van der Waals surface area contributed by atoms with E-state index in [9.17, 15) is 4.79 Å². The number of aryl methyl sites for hydroxylation is 1. The number of thioether (sulfide) groups is 1. The largest absolute Gasteiger partial charge is 0.460 e. The van der Waals surface area contributed by atoms with Crippen LogP contribution in [0.1, 0.15) is 37.1 Å². The molecule has 0 unspecified atom stereocenters. The fourth-order valence-corrected chi connectivity index (χ4v) is 3.00. The predicted molar refractivity (Wildman–Crippen MR) is 73.5 cm³/mol. The Labute approximate surface area is 111 Å². The number of rotatable bonds is 5. The molecular formula is C12H19NO2S2. The molecule has 5 heteroatoms. The van der Waals surface area contributed by atoms with E-state index in [0.717, 1.165) is 16.5 Å². The van der Waals surface area contributed by atoms with Gasteiger partial charge in [-0.2, -0.15) is 11.8 Å². The summed E-state index contributed by atoms with van der Waals surface area (Å²) in [5.74, 6) is 1.60. The van der Waals surface area contributed by atoms with Crippen molar-refractivity contribution in [1.82, 2.24) is 4.98 Å². The highest BCUT2D eigenvalue weighted by molar-refractivity contribution is 7.98. The molecule has 3 nitrogen and oxygen atoms in total. The number of carbonyl (C=O) groups excluding carboxylic acids is 1. The minimum Gasteiger partial charge on any atom is -0.460 e. The molecule has 0 fully saturated rings. The molecule has 0 aromatic carbocycles. The Morgan fingerprint density at radius 3 is 2.76 bits per heavy atom. The number of thiazole rings is 1. The van der Waals surface area contributed by atoms with Gasteiger partial charge < -0.3 is 4.74 Å². The van der Waals surface area contributed by atoms with Crippen molar-refractivity contribution in [3.63, 3.8) is 0 Å². The SMILES string of the molecule is Cc1ncc(CSCCC(=O)OC(C)(C)C)s1. The summed E-state index contributed by atoms with van der Waals surface area (Å²) in [6.45, 7) is 7.66. The molecule has 0 aliphatic heterocycles. The summed E-state index contributed by atoms with van der Waals surface area (Å²) < 4.78 is 5.23. The molecule has 1 rings (SSSR count). The summed E-state index contributed by atoms with van der Waals surface area (Å²) >= 11 is 3.45. The van der Waals surface area contributed by atoms with Crippen LogP contribution in [0.4, 0.5) is 0 Å². The zero-order valence-electron chi connectivity index (χ0n) is 10.8. The van der Waals surface area contributed by atoms with Gasteiger partial charge in [-0.15, -0.1) is 11.3 Å². The van der Waals surface area contributed by atoms with Gasteiger partial charge in [0, 0.05) is 22.6 Å². The Morgan fingerprint density at radius 2 is 2.24 bits per heavy atom. The van der Waals surface area contributed by atoms with Gasteiger partial charge in [0.05, 0.1) is 11.4 Å². The van der Waals surface area contributed by atoms with Gasteiger partial charge in [-0.1, -0.05) is 0 Å². The molecule has 0 saturated carbocycles. The maximum Gasteiger partial charge on any atom is 0.307 e. The van der Waals surface area contributed by atoms with E-state index >= 15 is 0 Å². The Balaban J connectivity index is 2.14. The molecule has 0 saturated heterocycles. The molecule has 0 radical (unpaired) electrons. The molecule has 0 bridgehead atoms. The van der Waals surface area contributed by atoms with Crippen molar-refractivity contribution in [1.29, 1.82) is 0 Å². The van der Waals surface area contributed by atoms with Crippen LogP contribution >= 0.6 is 23.1 Å². The molecule has 0 amide bonds. The standard InChI is InChI=1S/C12H19NO2S2/c1-9-13-7-10(17-9)8-16-6-5-11(14)15-12(2,3)4/h7H,5-6,8H2,1-4H3. The summed E-state index contributed by atoms with van der Waals surface area (Å²) in [6, 6.07) is 0. The molecule has 96 valence electrons. The Hall–Kier alpha value is -0.550. The summed E-state index contributed by atoms with van der Waals surface area (Å²) in [4.78, 5) is 16.9. The molecule has 1 aromatic heterocycles. The average molecular weight is 273 g/mol. The van der Waals surface area contributed by atoms with Gasteiger partial charge in [-0.25, -0.2) is 4.98 Å². The molecule has 0 N–H and O–H groups in total. The lowest BCUT2D eigenvalue weighted by Crippen LogP contribution is -2.24. The summed E-state index contributed by atoms with van der Waals surface area (Å²) in [6.07, 6.45) is 2.38. The number of carbonyl (C=O) groups is 1. The number of ether oxygens (including phenoxy) is 1. The van der Waals surface area contributed by atoms with E-state index in [1.54, 1.807) is 23.1 Å². The number of nitrogens with zero attached hydrogens (tertiary/aromatic N) is 1. The first-order valence-electron chi connectivity index (χ1n) is 5.58. The fourth-order valence-electron chi connectivity index (χ4n) is 1.19. The van der Waals surface area contributed by atoms with E-state index < -0.39 is 0 Å². The van der Waals surface area contributed by atoms with Crippen molar-refractivity contribution >= 4 is 29.1 Å². The second kappa shape index (κ2) is 6.40. The molecular weight excluding hydrogens is 254 g/mol. The number of hydrogen-bond acceptors (Lipinski definition) is 5. The van der Waals surface area contributed by atoms with Gasteiger partial charge in [-0.05, 0) is 27.7 Å². The summed E-state index contributed by atoms with van der Waals surface area (Å²) in [5, 5.41) is 1.09. The van der Waals surface area contributed by atoms with Gasteiger partial charge in [0.25, 0.3) is 0 Å². The van der Waals surface area contributed by atoms with Crippen molar-refractivity contribution in [2.75, 3.05) is 5.75 Å². The van der Waals surface area contributed by atoms with Crippen LogP contribution in [0.25, 0.3) is 0 Å². The third-order valence-electron chi connectivity index (χ3n) is 1.78. The van der Waals surface area contributed by atoms with Gasteiger partial charge in [0.1, 0.15) is 5.60 Å². The molecule has 1 heterocycles. The minimum atomic E-state index is -0.378. The summed E-state index contributed by atoms with van der Waals surface area (Å²) in [7, 11) is 0. The molecule has 0 aliphatic carbocycles. The third kappa shape index (κ3) is 6.68. The zero-order valence-corrected chi connectivity index (χ0v) is 12.4. The zero-order chi connectivity index (χ0) is 12.9. The first kappa shape index (κ1) is 14.5. The highest BCUT2D eigenvalue weighted by atomic mass is 32.2. The van der Waals surface area contributed by atoms with Crippen LogP contribution in [0.3, 0.4) is 0 Å². The maximum absolute atomic E-state index is 11.4. The van der Waals surface area contributed by atoms with Gasteiger partial charge in [0.15, 0.2) is 0 Å². The van der Waals surface area contributed by atoms with Crippen LogP contribution in [0.5, 0.6) is 0 Å². The molecule has 17 heavy (non-hydrogen) atoms. The smallest absolute Gasteiger partial charge is 0.307 e. The van der Waals surface area contributed by atoms with Gasteiger partial charge in [-0.3, -0.25) is 4.79 Å². The highest BCUT2D eigenvalue weighted by Gasteiger charge is 2.15. The van der Waals surface area contributed by atoms with Crippen molar-refractivity contribution < 1.29 is 9.53 Å². The van der Waals surface area contributed by atoms with Crippen LogP contribution in [0, 0.1) is 6.92 Å². The lowest BCUT2D eigenvalue weighted by atomic mass is 10.2. The lowest BCUT2D eigenvalue weighted by molar-refractivity contribution is -0.154. The van der Waals surface area contributed by atoms with E-state index in [1.165, 1.54) is 4.88 Å². The van der Waals surface area contributed by atoms with Crippen molar-refractivity contribution in [2.24, 2.45) is 0 Å². The van der Waals surface area contributed by atoms with E-state index in [1.807, 2.05) is 33.9 Å². The topological polar surface area (TPSA) is 39.2 Å². The Morgan fingerprint density at radius 1 is 1.53 bits per heavy atom. The van der Waals surface area contributed by atoms with Crippen LogP contribution in [-0.4, -0.2) is 22.3 Å². The molecule has 0 atom stereocenters. The Bertz CT molecular complexity index is 369. The normalized spacial score (nSPS) is 11.5. The number of aromatic nitrogens is 1. The van der Waals surface area contributed by atoms with Crippen LogP contribution in [0.15, 0.2) is 6.20 Å². The molecule has 0 spiro atoms. The second-order valence-electron chi connectivity index (χ2n) is 4.73. The monoisotopic (exact) mass is 273 g/mol. The van der Waals surface area contributed by atoms with Gasteiger partial charge in [0.2, 0.25) is 0 Å². The predicted octanol–water partition coefficient (Wildman–Crippen LogP) is 3.42. The van der Waals surface area contributed by atoms with Crippen LogP contribution < -0.4 is 0 Å². The third-order valence-corrected chi connectivity index (χ3v) is 3.89. The van der Waals surface area contributed by atoms with Gasteiger partial charge >= 0.3 is 5.97 Å². The number of esters is 1. The average Bonchev–Trinajstić information content (AvgIpc) is 2.56. The fraction of sp³-hybridized carbons (Fsp3) is 0.667. The van der Waals surface area contributed by atoms with Crippen molar-refractivity contribution in [3.05, 3.63) is 16.1 Å². The first-order valence-corrected chi connectivity index (χ1v) is 7.55. The van der Waals surface area contributed by atoms with Crippen molar-refractivity contribution in [2.45, 2.75) is 45.5 Å². The lowest BCUT2D eigenvalue weighted by Gasteiger charge is -2.19. The van der Waals surface area contributed by atoms with E-state index in [4.69, 9.17) is 4.74 Å². The van der Waals surface area contributed by atoms with E-state index in [-0.39, 0.29) is 11.6 Å². The number of hydrogen-bond donors (Lipinski definition) is 0. The second-order valence-corrected chi connectivity index (χ2v) is 7.16. The van der Waals surface area contributed by atoms with Crippen LogP contribution in [-0.2, 0) is 15.3 Å². The first-order chi connectivity index (χ1) is 7.87. The summed E-state index contributed by atoms with van der Waals surface area (Å²) in [5.41, 5.74) is -0.378. The quantitative estimate of drug-likeness (QED) is 0.609.